The van der Waals surface area contributed by atoms with Crippen molar-refractivity contribution in [1.29, 1.82) is 0 Å². The van der Waals surface area contributed by atoms with Crippen LogP contribution >= 0.6 is 11.6 Å². The summed E-state index contributed by atoms with van der Waals surface area (Å²) < 4.78 is 12.4. The molecule has 162 valence electrons. The molecule has 1 aliphatic rings. The van der Waals surface area contributed by atoms with E-state index in [2.05, 4.69) is 15.7 Å². The summed E-state index contributed by atoms with van der Waals surface area (Å²) in [5, 5.41) is 10.2. The SMILES string of the molecule is CCCOc1c(Cl)cc(C(=O)Nc2cnn(CC(=O)NC3CCCC3)c2)cc1OC. The second kappa shape index (κ2) is 10.3. The van der Waals surface area contributed by atoms with Crippen LogP contribution in [0.3, 0.4) is 0 Å². The van der Waals surface area contributed by atoms with Crippen molar-refractivity contribution in [3.8, 4) is 11.5 Å². The van der Waals surface area contributed by atoms with Crippen LogP contribution in [-0.4, -0.2) is 41.4 Å². The van der Waals surface area contributed by atoms with E-state index in [9.17, 15) is 9.59 Å². The van der Waals surface area contributed by atoms with Gasteiger partial charge >= 0.3 is 0 Å². The zero-order valence-electron chi connectivity index (χ0n) is 17.2. The predicted octanol–water partition coefficient (Wildman–Crippen LogP) is 3.65. The maximum atomic E-state index is 12.6. The van der Waals surface area contributed by atoms with Gasteiger partial charge in [-0.15, -0.1) is 0 Å². The maximum Gasteiger partial charge on any atom is 0.255 e. The molecule has 1 fully saturated rings. The zero-order valence-corrected chi connectivity index (χ0v) is 18.0. The second-order valence-electron chi connectivity index (χ2n) is 7.27. The highest BCUT2D eigenvalue weighted by molar-refractivity contribution is 6.32. The van der Waals surface area contributed by atoms with E-state index >= 15 is 0 Å². The summed E-state index contributed by atoms with van der Waals surface area (Å²) in [5.41, 5.74) is 0.808. The highest BCUT2D eigenvalue weighted by Gasteiger charge is 2.18. The van der Waals surface area contributed by atoms with Gasteiger partial charge in [0.1, 0.15) is 6.54 Å². The standard InChI is InChI=1S/C21H27ClN4O4/c1-3-8-30-20-17(22)9-14(10-18(20)29-2)21(28)25-16-11-23-26(12-16)13-19(27)24-15-6-4-5-7-15/h9-12,15H,3-8,13H2,1-2H3,(H,24,27)(H,25,28). The van der Waals surface area contributed by atoms with E-state index in [1.165, 1.54) is 24.1 Å². The molecule has 2 aromatic rings. The summed E-state index contributed by atoms with van der Waals surface area (Å²) in [7, 11) is 1.49. The average Bonchev–Trinajstić information content (AvgIpc) is 3.38. The Bertz CT molecular complexity index is 893. The van der Waals surface area contributed by atoms with Crippen LogP contribution in [-0.2, 0) is 11.3 Å². The number of benzene rings is 1. The Hall–Kier alpha value is -2.74. The smallest absolute Gasteiger partial charge is 0.255 e. The van der Waals surface area contributed by atoms with Gasteiger partial charge in [0.2, 0.25) is 5.91 Å². The molecule has 1 aromatic carbocycles. The number of methoxy groups -OCH3 is 1. The number of rotatable bonds is 9. The lowest BCUT2D eigenvalue weighted by molar-refractivity contribution is -0.122. The first-order valence-corrected chi connectivity index (χ1v) is 10.5. The van der Waals surface area contributed by atoms with Crippen LogP contribution in [0.15, 0.2) is 24.5 Å². The average molecular weight is 435 g/mol. The second-order valence-corrected chi connectivity index (χ2v) is 7.67. The molecule has 2 N–H and O–H groups in total. The van der Waals surface area contributed by atoms with E-state index in [-0.39, 0.29) is 24.4 Å². The van der Waals surface area contributed by atoms with E-state index in [0.29, 0.717) is 34.4 Å². The number of halogens is 1. The Kier molecular flexibility index (Phi) is 7.57. The number of carbonyl (C=O) groups excluding carboxylic acids is 2. The summed E-state index contributed by atoms with van der Waals surface area (Å²) in [4.78, 5) is 24.8. The van der Waals surface area contributed by atoms with Crippen molar-refractivity contribution >= 4 is 29.1 Å². The summed E-state index contributed by atoms with van der Waals surface area (Å²) >= 11 is 6.28. The predicted molar refractivity (Wildman–Crippen MR) is 114 cm³/mol. The van der Waals surface area contributed by atoms with Crippen molar-refractivity contribution in [2.45, 2.75) is 51.6 Å². The van der Waals surface area contributed by atoms with E-state index in [1.54, 1.807) is 12.3 Å². The van der Waals surface area contributed by atoms with Crippen molar-refractivity contribution in [2.24, 2.45) is 0 Å². The molecule has 1 saturated carbocycles. The highest BCUT2D eigenvalue weighted by atomic mass is 35.5. The van der Waals surface area contributed by atoms with Gasteiger partial charge in [0.25, 0.3) is 5.91 Å². The van der Waals surface area contributed by atoms with Gasteiger partial charge < -0.3 is 20.1 Å². The minimum Gasteiger partial charge on any atom is -0.493 e. The minimum absolute atomic E-state index is 0.0814. The van der Waals surface area contributed by atoms with Crippen LogP contribution in [0, 0.1) is 0 Å². The number of hydrogen-bond acceptors (Lipinski definition) is 5. The van der Waals surface area contributed by atoms with Gasteiger partial charge in [0.15, 0.2) is 11.5 Å². The number of carbonyl (C=O) groups is 2. The molecular formula is C21H27ClN4O4. The largest absolute Gasteiger partial charge is 0.493 e. The highest BCUT2D eigenvalue weighted by Crippen LogP contribution is 2.36. The lowest BCUT2D eigenvalue weighted by Gasteiger charge is -2.13. The van der Waals surface area contributed by atoms with E-state index < -0.39 is 0 Å². The molecular weight excluding hydrogens is 408 g/mol. The number of amides is 2. The molecule has 3 rings (SSSR count). The Balaban J connectivity index is 1.62. The van der Waals surface area contributed by atoms with E-state index in [1.807, 2.05) is 6.92 Å². The Morgan fingerprint density at radius 3 is 2.77 bits per heavy atom. The quantitative estimate of drug-likeness (QED) is 0.628. The molecule has 0 radical (unpaired) electrons. The van der Waals surface area contributed by atoms with Crippen LogP contribution in [0.2, 0.25) is 5.02 Å². The lowest BCUT2D eigenvalue weighted by atomic mass is 10.2. The fraction of sp³-hybridized carbons (Fsp3) is 0.476. The first kappa shape index (κ1) is 22.0. The van der Waals surface area contributed by atoms with Crippen molar-refractivity contribution in [2.75, 3.05) is 19.0 Å². The first-order chi connectivity index (χ1) is 14.5. The van der Waals surface area contributed by atoms with Gasteiger partial charge in [-0.05, 0) is 31.4 Å². The third-order valence-electron chi connectivity index (χ3n) is 4.86. The topological polar surface area (TPSA) is 94.5 Å². The molecule has 9 heteroatoms. The van der Waals surface area contributed by atoms with Gasteiger partial charge in [-0.25, -0.2) is 0 Å². The third kappa shape index (κ3) is 5.66. The fourth-order valence-corrected chi connectivity index (χ4v) is 3.67. The number of anilines is 1. The number of hydrogen-bond donors (Lipinski definition) is 2. The zero-order chi connectivity index (χ0) is 21.5. The van der Waals surface area contributed by atoms with Crippen LogP contribution in [0.5, 0.6) is 11.5 Å². The molecule has 30 heavy (non-hydrogen) atoms. The molecule has 0 saturated heterocycles. The van der Waals surface area contributed by atoms with Gasteiger partial charge in [-0.3, -0.25) is 14.3 Å². The van der Waals surface area contributed by atoms with Gasteiger partial charge in [0, 0.05) is 17.8 Å². The minimum atomic E-state index is -0.368. The van der Waals surface area contributed by atoms with E-state index in [4.69, 9.17) is 21.1 Å². The van der Waals surface area contributed by atoms with Crippen LogP contribution in [0.25, 0.3) is 0 Å². The van der Waals surface area contributed by atoms with Crippen molar-refractivity contribution in [3.05, 3.63) is 35.1 Å². The lowest BCUT2D eigenvalue weighted by Crippen LogP contribution is -2.35. The van der Waals surface area contributed by atoms with Crippen molar-refractivity contribution in [3.63, 3.8) is 0 Å². The van der Waals surface area contributed by atoms with Crippen molar-refractivity contribution < 1.29 is 19.1 Å². The Morgan fingerprint density at radius 2 is 2.07 bits per heavy atom. The summed E-state index contributed by atoms with van der Waals surface area (Å²) in [6.07, 6.45) is 8.31. The Morgan fingerprint density at radius 1 is 1.30 bits per heavy atom. The van der Waals surface area contributed by atoms with Crippen LogP contribution in [0.1, 0.15) is 49.4 Å². The summed E-state index contributed by atoms with van der Waals surface area (Å²) in [6.45, 7) is 2.59. The maximum absolute atomic E-state index is 12.6. The normalized spacial score (nSPS) is 13.8. The molecule has 1 heterocycles. The molecule has 0 spiro atoms. The number of nitrogens with zero attached hydrogens (tertiary/aromatic N) is 2. The van der Waals surface area contributed by atoms with Gasteiger partial charge in [-0.2, -0.15) is 5.10 Å². The monoisotopic (exact) mass is 434 g/mol. The summed E-state index contributed by atoms with van der Waals surface area (Å²) in [5.74, 6) is 0.355. The molecule has 0 aliphatic heterocycles. The number of nitrogens with one attached hydrogen (secondary N) is 2. The molecule has 0 bridgehead atoms. The van der Waals surface area contributed by atoms with Crippen LogP contribution < -0.4 is 20.1 Å². The molecule has 2 amide bonds. The Labute approximate surface area is 180 Å². The molecule has 1 aliphatic carbocycles. The number of aromatic nitrogens is 2. The number of ether oxygens (including phenoxy) is 2. The first-order valence-electron chi connectivity index (χ1n) is 10.1. The molecule has 8 nitrogen and oxygen atoms in total. The third-order valence-corrected chi connectivity index (χ3v) is 5.14. The van der Waals surface area contributed by atoms with Crippen molar-refractivity contribution in [1.82, 2.24) is 15.1 Å². The van der Waals surface area contributed by atoms with Crippen LogP contribution in [0.4, 0.5) is 5.69 Å². The molecule has 0 atom stereocenters. The van der Waals surface area contributed by atoms with Gasteiger partial charge in [0.05, 0.1) is 30.6 Å². The molecule has 1 aromatic heterocycles. The fourth-order valence-electron chi connectivity index (χ4n) is 3.40. The van der Waals surface area contributed by atoms with E-state index in [0.717, 1.165) is 32.1 Å². The summed E-state index contributed by atoms with van der Waals surface area (Å²) in [6, 6.07) is 3.37. The van der Waals surface area contributed by atoms with Gasteiger partial charge in [-0.1, -0.05) is 31.4 Å². The molecule has 0 unspecified atom stereocenters.